The molecule has 2 aliphatic heterocycles. The molecule has 0 radical (unpaired) electrons. The maximum Gasteiger partial charge on any atom is 0.237 e. The molecule has 0 N–H and O–H groups in total. The van der Waals surface area contributed by atoms with E-state index in [2.05, 4.69) is 0 Å². The van der Waals surface area contributed by atoms with E-state index in [0.717, 1.165) is 6.61 Å². The maximum atomic E-state index is 12.6. The zero-order valence-electron chi connectivity index (χ0n) is 19.5. The molecule has 0 amide bonds. The van der Waals surface area contributed by atoms with Gasteiger partial charge >= 0.3 is 0 Å². The van der Waals surface area contributed by atoms with Crippen molar-refractivity contribution in [2.24, 2.45) is 5.41 Å². The van der Waals surface area contributed by atoms with E-state index in [0.29, 0.717) is 6.42 Å². The van der Waals surface area contributed by atoms with E-state index in [1.54, 1.807) is 13.8 Å². The molecule has 188 valence electrons. The molecule has 13 heteroatoms. The molecular formula is C20H31N2O8PW2-2. The third-order valence-corrected chi connectivity index (χ3v) is 5.97. The SMILES string of the molecule is CC(C)OC[C@H]1O[C@@H](C)C(C#N)(C#N)[C@H]1OP(=O)([O-])O[CH-][C@H]1O[C@@H](C)C[C@H]1OC(C)C.[W].[W]. The van der Waals surface area contributed by atoms with Gasteiger partial charge in [0.15, 0.2) is 5.41 Å². The van der Waals surface area contributed by atoms with Crippen LogP contribution in [0.2, 0.25) is 0 Å². The summed E-state index contributed by atoms with van der Waals surface area (Å²) >= 11 is 0. The van der Waals surface area contributed by atoms with Crippen LogP contribution in [0.1, 0.15) is 48.0 Å². The third kappa shape index (κ3) is 8.73. The summed E-state index contributed by atoms with van der Waals surface area (Å²) in [5.74, 6) is 0. The quantitative estimate of drug-likeness (QED) is 0.238. The van der Waals surface area contributed by atoms with E-state index in [-0.39, 0.29) is 73.2 Å². The topological polar surface area (TPSA) is 143 Å². The van der Waals surface area contributed by atoms with Crippen molar-refractivity contribution in [1.29, 1.82) is 10.5 Å². The van der Waals surface area contributed by atoms with Crippen LogP contribution in [0.5, 0.6) is 0 Å². The van der Waals surface area contributed by atoms with Gasteiger partial charge < -0.3 is 32.9 Å². The molecule has 33 heavy (non-hydrogen) atoms. The molecule has 2 fully saturated rings. The van der Waals surface area contributed by atoms with Crippen molar-refractivity contribution in [1.82, 2.24) is 0 Å². The summed E-state index contributed by atoms with van der Waals surface area (Å²) in [7, 11) is -4.97. The number of phosphoric ester groups is 1. The zero-order chi connectivity index (χ0) is 23.4. The fourth-order valence-corrected chi connectivity index (χ4v) is 4.54. The van der Waals surface area contributed by atoms with Crippen LogP contribution in [0.25, 0.3) is 0 Å². The molecule has 7 atom stereocenters. The Hall–Kier alpha value is 0.307. The molecule has 0 spiro atoms. The summed E-state index contributed by atoms with van der Waals surface area (Å²) in [5, 5.41) is 19.3. The van der Waals surface area contributed by atoms with E-state index < -0.39 is 37.7 Å². The van der Waals surface area contributed by atoms with Gasteiger partial charge in [0.2, 0.25) is 7.82 Å². The number of hydrogen-bond acceptors (Lipinski definition) is 10. The Morgan fingerprint density at radius 2 is 1.76 bits per heavy atom. The van der Waals surface area contributed by atoms with Gasteiger partial charge in [-0.2, -0.15) is 17.1 Å². The second-order valence-corrected chi connectivity index (χ2v) is 9.69. The van der Waals surface area contributed by atoms with Crippen molar-refractivity contribution in [2.45, 2.75) is 96.8 Å². The summed E-state index contributed by atoms with van der Waals surface area (Å²) in [6.07, 6.45) is -4.11. The first-order valence-corrected chi connectivity index (χ1v) is 11.8. The number of ether oxygens (including phenoxy) is 4. The average Bonchev–Trinajstić information content (AvgIpc) is 3.14. The number of phosphoric acid groups is 1. The minimum Gasteiger partial charge on any atom is -0.758 e. The van der Waals surface area contributed by atoms with Gasteiger partial charge in [0.05, 0.1) is 49.3 Å². The van der Waals surface area contributed by atoms with Crippen molar-refractivity contribution in [3.8, 4) is 12.1 Å². The van der Waals surface area contributed by atoms with Crippen LogP contribution in [-0.4, -0.2) is 55.4 Å². The summed E-state index contributed by atoms with van der Waals surface area (Å²) < 4.78 is 45.3. The van der Waals surface area contributed by atoms with Gasteiger partial charge in [-0.1, -0.05) is 0 Å². The molecule has 2 heterocycles. The van der Waals surface area contributed by atoms with Gasteiger partial charge in [0.1, 0.15) is 12.2 Å². The second kappa shape index (κ2) is 14.1. The molecule has 0 saturated carbocycles. The molecule has 10 nitrogen and oxygen atoms in total. The molecule has 2 saturated heterocycles. The van der Waals surface area contributed by atoms with E-state index in [1.165, 1.54) is 6.92 Å². The standard InChI is InChI=1S/C20H32N2O8P.2W/c1-12(2)25-8-18-19(20(10-21,11-22)15(6)29-18)30-31(23,24)26-9-17-16(27-13(3)4)7-14(5)28-17;;/h9,12-19H,7-8H2,1-6H3,(H,23,24);;/q-1;;/p-1/t14-,15-,16+,17+,18+,19-;;/m0../s1. The first kappa shape index (κ1) is 33.3. The Kier molecular flexibility index (Phi) is 14.3. The van der Waals surface area contributed by atoms with Crippen molar-refractivity contribution in [3.05, 3.63) is 6.61 Å². The Morgan fingerprint density at radius 1 is 1.15 bits per heavy atom. The van der Waals surface area contributed by atoms with Crippen LogP contribution in [-0.2, 0) is 74.7 Å². The molecule has 2 aliphatic rings. The molecule has 0 bridgehead atoms. The third-order valence-electron chi connectivity index (χ3n) is 5.10. The van der Waals surface area contributed by atoms with Gasteiger partial charge in [-0.3, -0.25) is 4.57 Å². The minimum absolute atomic E-state index is 0. The molecule has 1 unspecified atom stereocenters. The van der Waals surface area contributed by atoms with Crippen molar-refractivity contribution in [2.75, 3.05) is 6.61 Å². The van der Waals surface area contributed by atoms with Gasteiger partial charge in [0, 0.05) is 42.1 Å². The molecule has 0 aromatic rings. The van der Waals surface area contributed by atoms with E-state index in [9.17, 15) is 20.0 Å². The largest absolute Gasteiger partial charge is 0.758 e. The zero-order valence-corrected chi connectivity index (χ0v) is 26.3. The molecule has 0 aromatic heterocycles. The first-order chi connectivity index (χ1) is 14.4. The van der Waals surface area contributed by atoms with E-state index in [4.69, 9.17) is 28.0 Å². The van der Waals surface area contributed by atoms with Gasteiger partial charge in [-0.25, -0.2) is 0 Å². The van der Waals surface area contributed by atoms with E-state index >= 15 is 0 Å². The predicted molar refractivity (Wildman–Crippen MR) is 106 cm³/mol. The molecule has 0 aliphatic carbocycles. The fraction of sp³-hybridized carbons (Fsp3) is 0.850. The summed E-state index contributed by atoms with van der Waals surface area (Å²) in [5.41, 5.74) is -1.84. The average molecular weight is 826 g/mol. The van der Waals surface area contributed by atoms with Gasteiger partial charge in [0.25, 0.3) is 0 Å². The minimum atomic E-state index is -4.97. The smallest absolute Gasteiger partial charge is 0.237 e. The fourth-order valence-electron chi connectivity index (χ4n) is 3.64. The van der Waals surface area contributed by atoms with Crippen LogP contribution >= 0.6 is 7.82 Å². The monoisotopic (exact) mass is 826 g/mol. The van der Waals surface area contributed by atoms with Crippen LogP contribution in [0.4, 0.5) is 0 Å². The van der Waals surface area contributed by atoms with Gasteiger partial charge in [-0.05, 0) is 54.1 Å². The van der Waals surface area contributed by atoms with Crippen LogP contribution in [0.15, 0.2) is 0 Å². The number of hydrogen-bond donors (Lipinski definition) is 0. The number of nitriles is 2. The summed E-state index contributed by atoms with van der Waals surface area (Å²) in [6, 6.07) is 3.72. The molecular weight excluding hydrogens is 795 g/mol. The van der Waals surface area contributed by atoms with E-state index in [1.807, 2.05) is 32.9 Å². The second-order valence-electron chi connectivity index (χ2n) is 8.38. The van der Waals surface area contributed by atoms with Crippen LogP contribution in [0.3, 0.4) is 0 Å². The molecule has 2 rings (SSSR count). The summed E-state index contributed by atoms with van der Waals surface area (Å²) in [4.78, 5) is 12.6. The van der Waals surface area contributed by atoms with Crippen LogP contribution < -0.4 is 4.89 Å². The maximum absolute atomic E-state index is 12.6. The van der Waals surface area contributed by atoms with Crippen LogP contribution in [0, 0.1) is 34.7 Å². The Morgan fingerprint density at radius 3 is 2.27 bits per heavy atom. The van der Waals surface area contributed by atoms with Crippen molar-refractivity contribution >= 4 is 7.82 Å². The Balaban J connectivity index is 0.00000512. The normalized spacial score (nSPS) is 32.5. The number of rotatable bonds is 10. The van der Waals surface area contributed by atoms with Crippen molar-refractivity contribution in [3.63, 3.8) is 0 Å². The Labute approximate surface area is 224 Å². The van der Waals surface area contributed by atoms with Gasteiger partial charge in [-0.15, -0.1) is 0 Å². The first-order valence-electron chi connectivity index (χ1n) is 10.4. The Bertz CT molecular complexity index is 731. The van der Waals surface area contributed by atoms with Crippen molar-refractivity contribution < 1.29 is 79.6 Å². The summed E-state index contributed by atoms with van der Waals surface area (Å²) in [6.45, 7) is 11.7. The molecule has 0 aromatic carbocycles. The number of nitrogens with zero attached hydrogens (tertiary/aromatic N) is 2. The predicted octanol–water partition coefficient (Wildman–Crippen LogP) is 2.23.